The van der Waals surface area contributed by atoms with E-state index in [2.05, 4.69) is 20.5 Å². The monoisotopic (exact) mass is 318 g/mol. The summed E-state index contributed by atoms with van der Waals surface area (Å²) in [6, 6.07) is 19.5. The molecule has 5 heteroatoms. The number of ether oxygens (including phenoxy) is 1. The number of nitrogens with zero attached hydrogens (tertiary/aromatic N) is 3. The Bertz CT molecular complexity index is 830. The van der Waals surface area contributed by atoms with Crippen molar-refractivity contribution in [1.82, 2.24) is 9.97 Å². The fourth-order valence-electron chi connectivity index (χ4n) is 2.24. The highest BCUT2D eigenvalue weighted by atomic mass is 16.5. The number of aryl methyl sites for hydroxylation is 1. The minimum atomic E-state index is 0.658. The smallest absolute Gasteiger partial charge is 0.150 e. The van der Waals surface area contributed by atoms with Crippen molar-refractivity contribution in [1.29, 1.82) is 0 Å². The third kappa shape index (κ3) is 3.95. The Balaban J connectivity index is 1.75. The van der Waals surface area contributed by atoms with E-state index in [-0.39, 0.29) is 0 Å². The Kier molecular flexibility index (Phi) is 4.81. The molecular weight excluding hydrogens is 300 g/mol. The first-order valence-electron chi connectivity index (χ1n) is 7.59. The Morgan fingerprint density at radius 2 is 1.75 bits per heavy atom. The van der Waals surface area contributed by atoms with Crippen LogP contribution in [0.4, 0.5) is 5.82 Å². The molecule has 3 aromatic rings. The standard InChI is InChI=1S/C19H18N4O/c1-14-21-18(16-6-4-3-5-7-16)12-19(22-14)23-20-13-15-8-10-17(24-2)11-9-15/h3-13H,1-2H3,(H,21,22,23)/b20-13-. The Labute approximate surface area is 141 Å². The Hall–Kier alpha value is -3.21. The van der Waals surface area contributed by atoms with Gasteiger partial charge in [-0.3, -0.25) is 5.43 Å². The zero-order chi connectivity index (χ0) is 16.8. The van der Waals surface area contributed by atoms with Crippen LogP contribution < -0.4 is 10.2 Å². The van der Waals surface area contributed by atoms with Gasteiger partial charge in [-0.15, -0.1) is 0 Å². The molecule has 0 atom stereocenters. The first-order chi connectivity index (χ1) is 11.7. The van der Waals surface area contributed by atoms with Crippen LogP contribution in [0.1, 0.15) is 11.4 Å². The van der Waals surface area contributed by atoms with Gasteiger partial charge in [0.25, 0.3) is 0 Å². The van der Waals surface area contributed by atoms with Crippen molar-refractivity contribution in [3.8, 4) is 17.0 Å². The molecule has 5 nitrogen and oxygen atoms in total. The van der Waals surface area contributed by atoms with Crippen molar-refractivity contribution in [3.05, 3.63) is 72.1 Å². The molecule has 1 aromatic heterocycles. The van der Waals surface area contributed by atoms with Gasteiger partial charge in [-0.05, 0) is 36.8 Å². The maximum atomic E-state index is 5.13. The van der Waals surface area contributed by atoms with Gasteiger partial charge in [0, 0.05) is 11.6 Å². The normalized spacial score (nSPS) is 10.8. The number of hydrazone groups is 1. The summed E-state index contributed by atoms with van der Waals surface area (Å²) in [6.45, 7) is 1.87. The van der Waals surface area contributed by atoms with Gasteiger partial charge in [-0.2, -0.15) is 5.10 Å². The van der Waals surface area contributed by atoms with Crippen LogP contribution in [-0.4, -0.2) is 23.3 Å². The van der Waals surface area contributed by atoms with Gasteiger partial charge in [0.1, 0.15) is 17.4 Å². The lowest BCUT2D eigenvalue weighted by atomic mass is 10.1. The number of methoxy groups -OCH3 is 1. The van der Waals surface area contributed by atoms with Gasteiger partial charge in [0.05, 0.1) is 19.0 Å². The van der Waals surface area contributed by atoms with Gasteiger partial charge < -0.3 is 4.74 Å². The van der Waals surface area contributed by atoms with E-state index in [0.29, 0.717) is 11.6 Å². The van der Waals surface area contributed by atoms with Crippen molar-refractivity contribution in [2.24, 2.45) is 5.10 Å². The topological polar surface area (TPSA) is 59.4 Å². The van der Waals surface area contributed by atoms with Crippen molar-refractivity contribution in [2.75, 3.05) is 12.5 Å². The first kappa shape index (κ1) is 15.7. The van der Waals surface area contributed by atoms with E-state index >= 15 is 0 Å². The molecule has 24 heavy (non-hydrogen) atoms. The predicted octanol–water partition coefficient (Wildman–Crippen LogP) is 3.91. The minimum absolute atomic E-state index is 0.658. The van der Waals surface area contributed by atoms with Gasteiger partial charge >= 0.3 is 0 Å². The molecule has 0 saturated carbocycles. The van der Waals surface area contributed by atoms with Crippen LogP contribution in [0.3, 0.4) is 0 Å². The quantitative estimate of drug-likeness (QED) is 0.572. The molecule has 0 saturated heterocycles. The molecule has 1 heterocycles. The van der Waals surface area contributed by atoms with E-state index in [0.717, 1.165) is 22.6 Å². The molecule has 1 N–H and O–H groups in total. The molecule has 0 unspecified atom stereocenters. The molecule has 0 aliphatic carbocycles. The van der Waals surface area contributed by atoms with Crippen molar-refractivity contribution >= 4 is 12.0 Å². The van der Waals surface area contributed by atoms with E-state index in [1.165, 1.54) is 0 Å². The SMILES string of the molecule is COc1ccc(/C=N\Nc2cc(-c3ccccc3)nc(C)n2)cc1. The van der Waals surface area contributed by atoms with Crippen LogP contribution >= 0.6 is 0 Å². The molecule has 120 valence electrons. The fraction of sp³-hybridized carbons (Fsp3) is 0.105. The zero-order valence-corrected chi connectivity index (χ0v) is 13.6. The lowest BCUT2D eigenvalue weighted by Gasteiger charge is -2.05. The third-order valence-corrected chi connectivity index (χ3v) is 3.42. The largest absolute Gasteiger partial charge is 0.497 e. The molecule has 0 bridgehead atoms. The molecule has 0 spiro atoms. The summed E-state index contributed by atoms with van der Waals surface area (Å²) in [5.41, 5.74) is 5.84. The van der Waals surface area contributed by atoms with Crippen LogP contribution in [0.15, 0.2) is 65.8 Å². The first-order valence-corrected chi connectivity index (χ1v) is 7.59. The minimum Gasteiger partial charge on any atom is -0.497 e. The average Bonchev–Trinajstić information content (AvgIpc) is 2.63. The highest BCUT2D eigenvalue weighted by Gasteiger charge is 2.03. The maximum absolute atomic E-state index is 5.13. The van der Waals surface area contributed by atoms with Gasteiger partial charge in [-0.25, -0.2) is 9.97 Å². The van der Waals surface area contributed by atoms with Crippen LogP contribution in [-0.2, 0) is 0 Å². The van der Waals surface area contributed by atoms with Crippen molar-refractivity contribution in [2.45, 2.75) is 6.92 Å². The molecule has 0 amide bonds. The predicted molar refractivity (Wildman–Crippen MR) is 96.4 cm³/mol. The Morgan fingerprint density at radius 1 is 1.00 bits per heavy atom. The van der Waals surface area contributed by atoms with Crippen LogP contribution in [0.2, 0.25) is 0 Å². The van der Waals surface area contributed by atoms with E-state index in [1.807, 2.05) is 67.6 Å². The van der Waals surface area contributed by atoms with Crippen molar-refractivity contribution < 1.29 is 4.74 Å². The van der Waals surface area contributed by atoms with Crippen LogP contribution in [0, 0.1) is 6.92 Å². The lowest BCUT2D eigenvalue weighted by molar-refractivity contribution is 0.415. The summed E-state index contributed by atoms with van der Waals surface area (Å²) in [6.07, 6.45) is 1.74. The van der Waals surface area contributed by atoms with Gasteiger partial charge in [-0.1, -0.05) is 30.3 Å². The highest BCUT2D eigenvalue weighted by Crippen LogP contribution is 2.19. The lowest BCUT2D eigenvalue weighted by Crippen LogP contribution is -1.98. The summed E-state index contributed by atoms with van der Waals surface area (Å²) in [4.78, 5) is 8.83. The number of hydrogen-bond acceptors (Lipinski definition) is 5. The Morgan fingerprint density at radius 3 is 2.46 bits per heavy atom. The zero-order valence-electron chi connectivity index (χ0n) is 13.6. The second-order valence-corrected chi connectivity index (χ2v) is 5.19. The van der Waals surface area contributed by atoms with E-state index < -0.39 is 0 Å². The van der Waals surface area contributed by atoms with Crippen LogP contribution in [0.25, 0.3) is 11.3 Å². The van der Waals surface area contributed by atoms with Gasteiger partial charge in [0.2, 0.25) is 0 Å². The second kappa shape index (κ2) is 7.37. The molecule has 0 aliphatic heterocycles. The van der Waals surface area contributed by atoms with E-state index in [9.17, 15) is 0 Å². The highest BCUT2D eigenvalue weighted by molar-refractivity contribution is 5.80. The van der Waals surface area contributed by atoms with Crippen LogP contribution in [0.5, 0.6) is 5.75 Å². The number of benzene rings is 2. The number of nitrogens with one attached hydrogen (secondary N) is 1. The molecule has 0 fully saturated rings. The third-order valence-electron chi connectivity index (χ3n) is 3.42. The average molecular weight is 318 g/mol. The summed E-state index contributed by atoms with van der Waals surface area (Å²) >= 11 is 0. The summed E-state index contributed by atoms with van der Waals surface area (Å²) in [7, 11) is 1.65. The number of rotatable bonds is 5. The maximum Gasteiger partial charge on any atom is 0.150 e. The van der Waals surface area contributed by atoms with E-state index in [4.69, 9.17) is 4.74 Å². The molecular formula is C19H18N4O. The van der Waals surface area contributed by atoms with Crippen molar-refractivity contribution in [3.63, 3.8) is 0 Å². The fourth-order valence-corrected chi connectivity index (χ4v) is 2.24. The summed E-state index contributed by atoms with van der Waals surface area (Å²) in [5.74, 6) is 2.17. The summed E-state index contributed by atoms with van der Waals surface area (Å²) < 4.78 is 5.13. The molecule has 2 aromatic carbocycles. The van der Waals surface area contributed by atoms with Gasteiger partial charge in [0.15, 0.2) is 0 Å². The number of aromatic nitrogens is 2. The number of anilines is 1. The van der Waals surface area contributed by atoms with E-state index in [1.54, 1.807) is 13.3 Å². The summed E-state index contributed by atoms with van der Waals surface area (Å²) in [5, 5.41) is 4.24. The molecule has 3 rings (SSSR count). The second-order valence-electron chi connectivity index (χ2n) is 5.19. The molecule has 0 radical (unpaired) electrons. The molecule has 0 aliphatic rings. The number of hydrogen-bond donors (Lipinski definition) is 1.